The first-order valence-corrected chi connectivity index (χ1v) is 8.31. The summed E-state index contributed by atoms with van der Waals surface area (Å²) in [6.07, 6.45) is 3.23. The lowest BCUT2D eigenvalue weighted by Gasteiger charge is -2.14. The molecule has 2 N–H and O–H groups in total. The van der Waals surface area contributed by atoms with Gasteiger partial charge in [0.15, 0.2) is 11.3 Å². The van der Waals surface area contributed by atoms with Crippen molar-refractivity contribution in [2.45, 2.75) is 0 Å². The first-order chi connectivity index (χ1) is 14.2. The number of carbonyl (C=O) groups excluding carboxylic acids is 1. The van der Waals surface area contributed by atoms with Crippen LogP contribution >= 0.6 is 0 Å². The highest BCUT2D eigenvalue weighted by Gasteiger charge is 2.25. The number of aryl methyl sites for hydroxylation is 1. The molecule has 0 aliphatic heterocycles. The van der Waals surface area contributed by atoms with Gasteiger partial charge in [-0.15, -0.1) is 0 Å². The number of aliphatic hydroxyl groups is 1. The van der Waals surface area contributed by atoms with Crippen molar-refractivity contribution < 1.29 is 24.7 Å². The van der Waals surface area contributed by atoms with Gasteiger partial charge in [-0.25, -0.2) is 0 Å². The van der Waals surface area contributed by atoms with Crippen LogP contribution in [0, 0.1) is 33.3 Å². The second-order valence-electron chi connectivity index (χ2n) is 6.00. The number of rotatable bonds is 5. The molecule has 0 saturated carbocycles. The van der Waals surface area contributed by atoms with Gasteiger partial charge in [0.25, 0.3) is 5.91 Å². The zero-order valence-electron chi connectivity index (χ0n) is 16.3. The Morgan fingerprint density at radius 3 is 2.70 bits per heavy atom. The van der Waals surface area contributed by atoms with E-state index in [1.807, 2.05) is 0 Å². The Morgan fingerprint density at radius 2 is 2.17 bits per heavy atom. The number of nitro groups is 1. The number of aromatic nitrogens is 2. The Kier molecular flexibility index (Phi) is 6.62. The molecule has 30 heavy (non-hydrogen) atoms. The van der Waals surface area contributed by atoms with Crippen LogP contribution in [0.15, 0.2) is 30.1 Å². The molecule has 1 heterocycles. The molecule has 0 unspecified atom stereocenters. The molecule has 2 rings (SSSR count). The molecule has 1 aromatic carbocycles. The van der Waals surface area contributed by atoms with E-state index in [1.165, 1.54) is 7.05 Å². The van der Waals surface area contributed by atoms with E-state index < -0.39 is 33.6 Å². The van der Waals surface area contributed by atoms with Gasteiger partial charge in [-0.3, -0.25) is 19.6 Å². The summed E-state index contributed by atoms with van der Waals surface area (Å²) in [5, 5.41) is 44.7. The number of nitrogens with zero attached hydrogens (tertiary/aromatic N) is 5. The van der Waals surface area contributed by atoms with Crippen molar-refractivity contribution in [1.29, 1.82) is 5.26 Å². The monoisotopic (exact) mass is 411 g/mol. The molecule has 2 aromatic rings. The number of aromatic hydroxyl groups is 1. The molecule has 11 nitrogen and oxygen atoms in total. The van der Waals surface area contributed by atoms with Gasteiger partial charge in [0.1, 0.15) is 11.8 Å². The van der Waals surface area contributed by atoms with Crippen molar-refractivity contribution >= 4 is 17.4 Å². The Balaban J connectivity index is 2.35. The van der Waals surface area contributed by atoms with Crippen molar-refractivity contribution in [2.24, 2.45) is 7.05 Å². The highest BCUT2D eigenvalue weighted by Crippen LogP contribution is 2.38. The van der Waals surface area contributed by atoms with Crippen LogP contribution in [0.25, 0.3) is 5.76 Å². The quantitative estimate of drug-likeness (QED) is 0.187. The summed E-state index contributed by atoms with van der Waals surface area (Å²) in [4.78, 5) is 23.9. The number of methoxy groups -OCH3 is 1. The zero-order chi connectivity index (χ0) is 22.4. The molecule has 0 aliphatic rings. The number of amides is 1. The second kappa shape index (κ2) is 9.12. The number of phenols is 1. The number of ether oxygens (including phenoxy) is 1. The summed E-state index contributed by atoms with van der Waals surface area (Å²) in [6, 6.07) is 3.50. The Bertz CT molecular complexity index is 1130. The lowest BCUT2D eigenvalue weighted by molar-refractivity contribution is -0.386. The van der Waals surface area contributed by atoms with Crippen LogP contribution < -0.4 is 4.74 Å². The number of nitro benzene ring substituents is 1. The van der Waals surface area contributed by atoms with E-state index >= 15 is 0 Å². The van der Waals surface area contributed by atoms with Gasteiger partial charge in [0, 0.05) is 31.9 Å². The van der Waals surface area contributed by atoms with E-state index in [4.69, 9.17) is 4.74 Å². The molecule has 11 heteroatoms. The smallest absolute Gasteiger partial charge is 0.315 e. The van der Waals surface area contributed by atoms with Crippen LogP contribution in [0.3, 0.4) is 0 Å². The predicted octanol–water partition coefficient (Wildman–Crippen LogP) is 1.35. The number of aliphatic hydroxyl groups excluding tert-OH is 1. The lowest BCUT2D eigenvalue weighted by Crippen LogP contribution is -2.28. The highest BCUT2D eigenvalue weighted by molar-refractivity contribution is 6.03. The second-order valence-corrected chi connectivity index (χ2v) is 6.00. The molecule has 0 spiro atoms. The maximum Gasteiger partial charge on any atom is 0.315 e. The van der Waals surface area contributed by atoms with Crippen molar-refractivity contribution in [3.63, 3.8) is 0 Å². The lowest BCUT2D eigenvalue weighted by atomic mass is 10.1. The van der Waals surface area contributed by atoms with Crippen molar-refractivity contribution in [1.82, 2.24) is 14.7 Å². The van der Waals surface area contributed by atoms with Crippen LogP contribution in [-0.4, -0.2) is 56.4 Å². The Hall–Kier alpha value is -4.51. The summed E-state index contributed by atoms with van der Waals surface area (Å²) in [6.45, 7) is -0.0504. The molecular formula is C19H17N5O6. The maximum atomic E-state index is 12.6. The largest absolute Gasteiger partial charge is 0.506 e. The van der Waals surface area contributed by atoms with E-state index in [9.17, 15) is 30.4 Å². The number of hydrogen-bond donors (Lipinski definition) is 2. The van der Waals surface area contributed by atoms with Gasteiger partial charge in [0.2, 0.25) is 5.75 Å². The number of carbonyl (C=O) groups is 1. The van der Waals surface area contributed by atoms with Crippen molar-refractivity contribution in [3.05, 3.63) is 51.3 Å². The first-order valence-electron chi connectivity index (χ1n) is 8.31. The SMILES string of the molecule is COc1cc(/C(O)=C(\C#N)C(=O)N(C)CC#Cc2cnn(C)c2)cc([N+](=O)[O-])c1O. The standard InChI is InChI=1S/C19H17N5O6/c1-22(6-4-5-12-10-21-23(2)11-12)19(27)14(9-20)17(25)13-7-15(24(28)29)18(26)16(8-13)30-3/h7-8,10-11,25-26H,6H2,1-3H3/b17-14-. The molecule has 0 aliphatic carbocycles. The van der Waals surface area contributed by atoms with Gasteiger partial charge in [-0.1, -0.05) is 11.8 Å². The molecule has 1 aromatic heterocycles. The van der Waals surface area contributed by atoms with Crippen LogP contribution in [0.5, 0.6) is 11.5 Å². The Morgan fingerprint density at radius 1 is 1.47 bits per heavy atom. The molecule has 1 amide bonds. The average Bonchev–Trinajstić information content (AvgIpc) is 3.13. The van der Waals surface area contributed by atoms with Gasteiger partial charge in [-0.2, -0.15) is 10.4 Å². The number of phenolic OH excluding ortho intramolecular Hbond substituents is 1. The number of nitriles is 1. The third-order valence-electron chi connectivity index (χ3n) is 3.91. The number of hydrogen-bond acceptors (Lipinski definition) is 8. The van der Waals surface area contributed by atoms with Crippen LogP contribution in [0.1, 0.15) is 11.1 Å². The van der Waals surface area contributed by atoms with Crippen LogP contribution in [0.4, 0.5) is 5.69 Å². The molecule has 0 bridgehead atoms. The molecule has 0 radical (unpaired) electrons. The summed E-state index contributed by atoms with van der Waals surface area (Å²) >= 11 is 0. The van der Waals surface area contributed by atoms with E-state index in [-0.39, 0.29) is 17.9 Å². The minimum absolute atomic E-state index is 0.0504. The van der Waals surface area contributed by atoms with E-state index in [0.717, 1.165) is 24.1 Å². The topological polar surface area (TPSA) is 155 Å². The van der Waals surface area contributed by atoms with Crippen molar-refractivity contribution in [3.8, 4) is 29.4 Å². The van der Waals surface area contributed by atoms with Crippen LogP contribution in [0.2, 0.25) is 0 Å². The molecule has 154 valence electrons. The highest BCUT2D eigenvalue weighted by atomic mass is 16.6. The minimum atomic E-state index is -0.886. The summed E-state index contributed by atoms with van der Waals surface area (Å²) in [7, 11) is 4.27. The minimum Gasteiger partial charge on any atom is -0.506 e. The summed E-state index contributed by atoms with van der Waals surface area (Å²) in [5.74, 6) is 2.87. The molecule has 0 saturated heterocycles. The number of benzene rings is 1. The van der Waals surface area contributed by atoms with Gasteiger partial charge in [-0.05, 0) is 6.07 Å². The molecule has 0 atom stereocenters. The third kappa shape index (κ3) is 4.66. The normalized spacial score (nSPS) is 10.9. The van der Waals surface area contributed by atoms with Gasteiger partial charge >= 0.3 is 5.69 Å². The van der Waals surface area contributed by atoms with Gasteiger partial charge < -0.3 is 19.8 Å². The first kappa shape index (κ1) is 21.8. The third-order valence-corrected chi connectivity index (χ3v) is 3.91. The Labute approximate surface area is 171 Å². The molecule has 0 fully saturated rings. The van der Waals surface area contributed by atoms with E-state index in [1.54, 1.807) is 30.2 Å². The summed E-state index contributed by atoms with van der Waals surface area (Å²) < 4.78 is 6.42. The van der Waals surface area contributed by atoms with E-state index in [0.29, 0.717) is 5.56 Å². The van der Waals surface area contributed by atoms with Crippen LogP contribution in [-0.2, 0) is 11.8 Å². The number of likely N-dealkylation sites (N-methyl/N-ethyl adjacent to an activating group) is 1. The fourth-order valence-corrected chi connectivity index (χ4v) is 2.38. The van der Waals surface area contributed by atoms with Gasteiger partial charge in [0.05, 0.1) is 30.3 Å². The maximum absolute atomic E-state index is 12.6. The fourth-order valence-electron chi connectivity index (χ4n) is 2.38. The van der Waals surface area contributed by atoms with E-state index in [2.05, 4.69) is 16.9 Å². The zero-order valence-corrected chi connectivity index (χ0v) is 16.3. The molecular weight excluding hydrogens is 394 g/mol. The van der Waals surface area contributed by atoms with Crippen molar-refractivity contribution in [2.75, 3.05) is 20.7 Å². The average molecular weight is 411 g/mol. The predicted molar refractivity (Wildman–Crippen MR) is 104 cm³/mol. The summed E-state index contributed by atoms with van der Waals surface area (Å²) in [5.41, 5.74) is -1.00. The fraction of sp³-hybridized carbons (Fsp3) is 0.211.